The summed E-state index contributed by atoms with van der Waals surface area (Å²) < 4.78 is 0. The molecule has 0 aliphatic heterocycles. The second-order valence-corrected chi connectivity index (χ2v) is 4.89. The van der Waals surface area contributed by atoms with Gasteiger partial charge in [0.05, 0.1) is 6.42 Å². The molecule has 1 rings (SSSR count). The normalized spacial score (nSPS) is 30.8. The largest absolute Gasteiger partial charge is 0.481 e. The molecule has 3 nitrogen and oxygen atoms in total. The molecule has 0 amide bonds. The fraction of sp³-hybridized carbons (Fsp3) is 0.833. The van der Waals surface area contributed by atoms with E-state index >= 15 is 0 Å². The first-order valence-corrected chi connectivity index (χ1v) is 5.74. The van der Waals surface area contributed by atoms with Crippen LogP contribution in [0.5, 0.6) is 0 Å². The highest BCUT2D eigenvalue weighted by molar-refractivity contribution is 5.85. The highest BCUT2D eigenvalue weighted by atomic mass is 16.4. The summed E-state index contributed by atoms with van der Waals surface area (Å²) in [5.41, 5.74) is -0.294. The molecule has 0 aromatic carbocycles. The number of hydrogen-bond donors (Lipinski definition) is 1. The summed E-state index contributed by atoms with van der Waals surface area (Å²) in [7, 11) is 0. The topological polar surface area (TPSA) is 54.4 Å². The lowest BCUT2D eigenvalue weighted by atomic mass is 9.74. The maximum absolute atomic E-state index is 11.7. The van der Waals surface area contributed by atoms with Crippen LogP contribution in [0.3, 0.4) is 0 Å². The smallest absolute Gasteiger partial charge is 0.303 e. The summed E-state index contributed by atoms with van der Waals surface area (Å²) in [5, 5.41) is 8.86. The number of unbranched alkanes of at least 4 members (excludes halogenated alkanes) is 1. The van der Waals surface area contributed by atoms with Gasteiger partial charge in [-0.3, -0.25) is 9.59 Å². The summed E-state index contributed by atoms with van der Waals surface area (Å²) >= 11 is 0. The number of aliphatic carboxylic acids is 1. The third kappa shape index (κ3) is 2.80. The van der Waals surface area contributed by atoms with Crippen LogP contribution in [0.1, 0.15) is 52.4 Å². The first-order chi connectivity index (χ1) is 6.99. The number of hydrogen-bond acceptors (Lipinski definition) is 2. The van der Waals surface area contributed by atoms with Crippen LogP contribution >= 0.6 is 0 Å². The van der Waals surface area contributed by atoms with Gasteiger partial charge in [0.25, 0.3) is 0 Å². The zero-order valence-electron chi connectivity index (χ0n) is 9.58. The molecule has 0 aromatic heterocycles. The first-order valence-electron chi connectivity index (χ1n) is 5.74. The van der Waals surface area contributed by atoms with Crippen molar-refractivity contribution in [3.05, 3.63) is 0 Å². The Morgan fingerprint density at radius 2 is 2.27 bits per heavy atom. The maximum atomic E-state index is 11.7. The molecule has 15 heavy (non-hydrogen) atoms. The summed E-state index contributed by atoms with van der Waals surface area (Å²) in [6, 6.07) is 0. The van der Waals surface area contributed by atoms with Crippen LogP contribution in [-0.4, -0.2) is 16.9 Å². The number of carbonyl (C=O) groups is 2. The zero-order chi connectivity index (χ0) is 11.5. The third-order valence-corrected chi connectivity index (χ3v) is 3.57. The maximum Gasteiger partial charge on any atom is 0.303 e. The van der Waals surface area contributed by atoms with Gasteiger partial charge in [-0.15, -0.1) is 0 Å². The lowest BCUT2D eigenvalue weighted by Crippen LogP contribution is -2.28. The quantitative estimate of drug-likeness (QED) is 0.762. The average molecular weight is 212 g/mol. The molecule has 0 bridgehead atoms. The van der Waals surface area contributed by atoms with Crippen molar-refractivity contribution in [3.8, 4) is 0 Å². The zero-order valence-corrected chi connectivity index (χ0v) is 9.58. The van der Waals surface area contributed by atoms with E-state index in [0.29, 0.717) is 6.42 Å². The van der Waals surface area contributed by atoms with E-state index in [-0.39, 0.29) is 23.5 Å². The van der Waals surface area contributed by atoms with E-state index in [0.717, 1.165) is 25.7 Å². The summed E-state index contributed by atoms with van der Waals surface area (Å²) in [6.45, 7) is 4.04. The predicted octanol–water partition coefficient (Wildman–Crippen LogP) is 2.64. The van der Waals surface area contributed by atoms with Crippen molar-refractivity contribution in [1.82, 2.24) is 0 Å². The molecular weight excluding hydrogens is 192 g/mol. The Labute approximate surface area is 90.9 Å². The number of carboxylic acids is 1. The van der Waals surface area contributed by atoms with Crippen molar-refractivity contribution >= 4 is 11.8 Å². The van der Waals surface area contributed by atoms with Gasteiger partial charge < -0.3 is 5.11 Å². The molecule has 86 valence electrons. The monoisotopic (exact) mass is 212 g/mol. The molecule has 0 saturated heterocycles. The molecule has 0 spiro atoms. The Balaban J connectivity index is 2.69. The molecule has 2 atom stereocenters. The third-order valence-electron chi connectivity index (χ3n) is 3.57. The van der Waals surface area contributed by atoms with Gasteiger partial charge in [-0.1, -0.05) is 26.7 Å². The van der Waals surface area contributed by atoms with Crippen LogP contribution < -0.4 is 0 Å². The highest BCUT2D eigenvalue weighted by Crippen LogP contribution is 2.45. The van der Waals surface area contributed by atoms with Gasteiger partial charge in [0, 0.05) is 12.3 Å². The van der Waals surface area contributed by atoms with Crippen LogP contribution in [-0.2, 0) is 9.59 Å². The minimum Gasteiger partial charge on any atom is -0.481 e. The lowest BCUT2D eigenvalue weighted by Gasteiger charge is -2.28. The fourth-order valence-electron chi connectivity index (χ4n) is 2.62. The molecule has 0 heterocycles. The Morgan fingerprint density at radius 3 is 2.80 bits per heavy atom. The standard InChI is InChI=1S/C12H20O3/c1-3-4-5-9-10(13)6-7-12(9,2)8-11(14)15/h9H,3-8H2,1-2H3,(H,14,15). The molecule has 1 N–H and O–H groups in total. The molecule has 1 aliphatic carbocycles. The van der Waals surface area contributed by atoms with Crippen LogP contribution in [0.2, 0.25) is 0 Å². The lowest BCUT2D eigenvalue weighted by molar-refractivity contribution is -0.140. The number of Topliss-reactive ketones (excluding diaryl/α,β-unsaturated/α-hetero) is 1. The van der Waals surface area contributed by atoms with Gasteiger partial charge in [0.2, 0.25) is 0 Å². The highest BCUT2D eigenvalue weighted by Gasteiger charge is 2.44. The molecule has 1 saturated carbocycles. The Bertz CT molecular complexity index is 260. The van der Waals surface area contributed by atoms with Crippen molar-refractivity contribution in [3.63, 3.8) is 0 Å². The van der Waals surface area contributed by atoms with Crippen LogP contribution in [0.25, 0.3) is 0 Å². The second-order valence-electron chi connectivity index (χ2n) is 4.89. The van der Waals surface area contributed by atoms with E-state index in [2.05, 4.69) is 6.92 Å². The van der Waals surface area contributed by atoms with Crippen molar-refractivity contribution in [2.24, 2.45) is 11.3 Å². The summed E-state index contributed by atoms with van der Waals surface area (Å²) in [5.74, 6) is -0.533. The Hall–Kier alpha value is -0.860. The van der Waals surface area contributed by atoms with Crippen molar-refractivity contribution in [1.29, 1.82) is 0 Å². The van der Waals surface area contributed by atoms with Crippen molar-refractivity contribution < 1.29 is 14.7 Å². The van der Waals surface area contributed by atoms with Crippen LogP contribution in [0.15, 0.2) is 0 Å². The van der Waals surface area contributed by atoms with E-state index in [1.165, 1.54) is 0 Å². The van der Waals surface area contributed by atoms with Gasteiger partial charge in [-0.2, -0.15) is 0 Å². The molecule has 1 aliphatic rings. The number of carbonyl (C=O) groups excluding carboxylic acids is 1. The molecule has 2 unspecified atom stereocenters. The minimum atomic E-state index is -0.784. The summed E-state index contributed by atoms with van der Waals surface area (Å²) in [6.07, 6.45) is 4.38. The minimum absolute atomic E-state index is 0.0199. The van der Waals surface area contributed by atoms with E-state index in [9.17, 15) is 9.59 Å². The summed E-state index contributed by atoms with van der Waals surface area (Å²) in [4.78, 5) is 22.5. The van der Waals surface area contributed by atoms with Gasteiger partial charge >= 0.3 is 5.97 Å². The van der Waals surface area contributed by atoms with Crippen LogP contribution in [0.4, 0.5) is 0 Å². The van der Waals surface area contributed by atoms with Gasteiger partial charge in [-0.25, -0.2) is 0 Å². The van der Waals surface area contributed by atoms with Gasteiger partial charge in [0.1, 0.15) is 5.78 Å². The Morgan fingerprint density at radius 1 is 1.60 bits per heavy atom. The van der Waals surface area contributed by atoms with Gasteiger partial charge in [-0.05, 0) is 18.3 Å². The number of rotatable bonds is 5. The second kappa shape index (κ2) is 4.77. The average Bonchev–Trinajstić information content (AvgIpc) is 2.39. The molecular formula is C12H20O3. The van der Waals surface area contributed by atoms with Crippen molar-refractivity contribution in [2.45, 2.75) is 52.4 Å². The van der Waals surface area contributed by atoms with Crippen molar-refractivity contribution in [2.75, 3.05) is 0 Å². The van der Waals surface area contributed by atoms with E-state index in [4.69, 9.17) is 5.11 Å². The number of ketones is 1. The van der Waals surface area contributed by atoms with E-state index in [1.807, 2.05) is 6.92 Å². The van der Waals surface area contributed by atoms with Gasteiger partial charge in [0.15, 0.2) is 0 Å². The number of carboxylic acid groups (broad SMARTS) is 1. The molecule has 1 fully saturated rings. The predicted molar refractivity (Wildman–Crippen MR) is 57.6 cm³/mol. The SMILES string of the molecule is CCCCC1C(=O)CCC1(C)CC(=O)O. The molecule has 3 heteroatoms. The van der Waals surface area contributed by atoms with E-state index in [1.54, 1.807) is 0 Å². The Kier molecular flexibility index (Phi) is 3.89. The van der Waals surface area contributed by atoms with Crippen LogP contribution in [0, 0.1) is 11.3 Å². The molecule has 0 radical (unpaired) electrons. The van der Waals surface area contributed by atoms with E-state index < -0.39 is 5.97 Å². The fourth-order valence-corrected chi connectivity index (χ4v) is 2.62. The first kappa shape index (κ1) is 12.2. The molecule has 0 aromatic rings.